The van der Waals surface area contributed by atoms with Crippen molar-refractivity contribution in [2.45, 2.75) is 13.8 Å². The molecule has 12 heavy (non-hydrogen) atoms. The van der Waals surface area contributed by atoms with Crippen LogP contribution < -0.4 is 0 Å². The molecule has 2 nitrogen and oxygen atoms in total. The van der Waals surface area contributed by atoms with Gasteiger partial charge in [-0.25, -0.2) is 4.39 Å². The Balaban J connectivity index is 2.99. The molecule has 0 aromatic heterocycles. The van der Waals surface area contributed by atoms with E-state index in [4.69, 9.17) is 5.11 Å². The summed E-state index contributed by atoms with van der Waals surface area (Å²) in [7, 11) is 0. The summed E-state index contributed by atoms with van der Waals surface area (Å²) >= 11 is 0. The molecule has 2 unspecified atom stereocenters. The molecule has 1 aliphatic rings. The molecule has 0 aliphatic heterocycles. The molecule has 0 aromatic carbocycles. The van der Waals surface area contributed by atoms with Crippen LogP contribution in [0.25, 0.3) is 0 Å². The molecule has 0 bridgehead atoms. The summed E-state index contributed by atoms with van der Waals surface area (Å²) in [6, 6.07) is 0. The molecule has 0 saturated carbocycles. The quantitative estimate of drug-likeness (QED) is 0.654. The van der Waals surface area contributed by atoms with Gasteiger partial charge < -0.3 is 5.11 Å². The van der Waals surface area contributed by atoms with Crippen molar-refractivity contribution in [1.29, 1.82) is 0 Å². The fraction of sp³-hybridized carbons (Fsp3) is 0.444. The largest absolute Gasteiger partial charge is 0.481 e. The summed E-state index contributed by atoms with van der Waals surface area (Å²) in [5.74, 6) is -1.59. The van der Waals surface area contributed by atoms with Gasteiger partial charge in [-0.1, -0.05) is 13.0 Å². The van der Waals surface area contributed by atoms with Crippen molar-refractivity contribution < 1.29 is 14.3 Å². The lowest BCUT2D eigenvalue weighted by molar-refractivity contribution is -0.146. The van der Waals surface area contributed by atoms with Crippen molar-refractivity contribution in [2.75, 3.05) is 0 Å². The molecule has 1 N–H and O–H groups in total. The first kappa shape index (κ1) is 8.97. The molecule has 0 fully saturated rings. The first-order valence-electron chi connectivity index (χ1n) is 3.77. The Morgan fingerprint density at radius 3 is 2.75 bits per heavy atom. The van der Waals surface area contributed by atoms with E-state index >= 15 is 0 Å². The Hall–Kier alpha value is -1.12. The summed E-state index contributed by atoms with van der Waals surface area (Å²) in [5.41, 5.74) is -0.963. The number of hydrogen-bond donors (Lipinski definition) is 1. The van der Waals surface area contributed by atoms with Gasteiger partial charge in [0, 0.05) is 0 Å². The molecule has 0 aromatic rings. The van der Waals surface area contributed by atoms with Gasteiger partial charge in [-0.2, -0.15) is 0 Å². The minimum atomic E-state index is -0.963. The normalized spacial score (nSPS) is 34.6. The van der Waals surface area contributed by atoms with Gasteiger partial charge in [-0.05, 0) is 25.0 Å². The average Bonchev–Trinajstić information content (AvgIpc) is 1.97. The minimum absolute atomic E-state index is 0.306. The summed E-state index contributed by atoms with van der Waals surface area (Å²) in [6.45, 7) is 3.27. The zero-order chi connectivity index (χ0) is 9.35. The van der Waals surface area contributed by atoms with Gasteiger partial charge in [0.1, 0.15) is 5.83 Å². The highest BCUT2D eigenvalue weighted by atomic mass is 19.1. The summed E-state index contributed by atoms with van der Waals surface area (Å²) in [5, 5.41) is 8.85. The summed E-state index contributed by atoms with van der Waals surface area (Å²) in [4.78, 5) is 10.8. The number of halogens is 1. The highest BCUT2D eigenvalue weighted by molar-refractivity contribution is 5.78. The smallest absolute Gasteiger partial charge is 0.313 e. The molecule has 66 valence electrons. The van der Waals surface area contributed by atoms with E-state index < -0.39 is 11.4 Å². The fourth-order valence-corrected chi connectivity index (χ4v) is 1.14. The van der Waals surface area contributed by atoms with Gasteiger partial charge in [0.15, 0.2) is 0 Å². The molecule has 0 heterocycles. The summed E-state index contributed by atoms with van der Waals surface area (Å²) in [6.07, 6.45) is 3.93. The van der Waals surface area contributed by atoms with Gasteiger partial charge >= 0.3 is 5.97 Å². The van der Waals surface area contributed by atoms with Crippen molar-refractivity contribution in [3.05, 3.63) is 24.1 Å². The molecule has 2 atom stereocenters. The van der Waals surface area contributed by atoms with Gasteiger partial charge in [0.2, 0.25) is 0 Å². The van der Waals surface area contributed by atoms with Crippen LogP contribution in [0.5, 0.6) is 0 Å². The Kier molecular flexibility index (Phi) is 2.04. The number of carbonyl (C=O) groups is 1. The van der Waals surface area contributed by atoms with Crippen LogP contribution in [-0.4, -0.2) is 11.1 Å². The second kappa shape index (κ2) is 2.73. The van der Waals surface area contributed by atoms with Gasteiger partial charge in [0.05, 0.1) is 5.41 Å². The maximum absolute atomic E-state index is 12.6. The Bertz CT molecular complexity index is 268. The van der Waals surface area contributed by atoms with Crippen LogP contribution in [0, 0.1) is 11.3 Å². The maximum atomic E-state index is 12.6. The molecule has 3 heteroatoms. The Labute approximate surface area is 70.4 Å². The number of hydrogen-bond acceptors (Lipinski definition) is 1. The molecule has 0 spiro atoms. The first-order chi connectivity index (χ1) is 5.47. The fourth-order valence-electron chi connectivity index (χ4n) is 1.14. The highest BCUT2D eigenvalue weighted by Crippen LogP contribution is 2.35. The van der Waals surface area contributed by atoms with Crippen molar-refractivity contribution in [3.63, 3.8) is 0 Å². The number of rotatable bonds is 1. The molecular weight excluding hydrogens is 159 g/mol. The SMILES string of the molecule is CC1C=C(F)C=CC1(C)C(=O)O. The summed E-state index contributed by atoms with van der Waals surface area (Å²) < 4.78 is 12.6. The minimum Gasteiger partial charge on any atom is -0.481 e. The second-order valence-corrected chi connectivity index (χ2v) is 3.26. The molecule has 1 rings (SSSR count). The van der Waals surface area contributed by atoms with Crippen LogP contribution in [-0.2, 0) is 4.79 Å². The second-order valence-electron chi connectivity index (χ2n) is 3.26. The van der Waals surface area contributed by atoms with E-state index in [0.717, 1.165) is 0 Å². The number of carboxylic acid groups (broad SMARTS) is 1. The molecule has 1 aliphatic carbocycles. The third-order valence-electron chi connectivity index (χ3n) is 2.40. The first-order valence-corrected chi connectivity index (χ1v) is 3.77. The van der Waals surface area contributed by atoms with Crippen molar-refractivity contribution >= 4 is 5.97 Å². The van der Waals surface area contributed by atoms with Crippen molar-refractivity contribution in [1.82, 2.24) is 0 Å². The van der Waals surface area contributed by atoms with Crippen LogP contribution in [0.1, 0.15) is 13.8 Å². The van der Waals surface area contributed by atoms with E-state index in [-0.39, 0.29) is 11.7 Å². The van der Waals surface area contributed by atoms with Crippen LogP contribution in [0.15, 0.2) is 24.1 Å². The zero-order valence-corrected chi connectivity index (χ0v) is 7.04. The van der Waals surface area contributed by atoms with E-state index in [1.807, 2.05) is 0 Å². The van der Waals surface area contributed by atoms with E-state index in [2.05, 4.69) is 0 Å². The van der Waals surface area contributed by atoms with E-state index in [0.29, 0.717) is 0 Å². The third kappa shape index (κ3) is 1.26. The molecular formula is C9H11FO2. The lowest BCUT2D eigenvalue weighted by Crippen LogP contribution is -2.32. The monoisotopic (exact) mass is 170 g/mol. The van der Waals surface area contributed by atoms with Gasteiger partial charge in [-0.3, -0.25) is 4.79 Å². The number of aliphatic carboxylic acids is 1. The number of carboxylic acids is 1. The zero-order valence-electron chi connectivity index (χ0n) is 7.04. The van der Waals surface area contributed by atoms with Gasteiger partial charge in [-0.15, -0.1) is 0 Å². The third-order valence-corrected chi connectivity index (χ3v) is 2.40. The van der Waals surface area contributed by atoms with Crippen LogP contribution in [0.3, 0.4) is 0 Å². The molecule has 0 amide bonds. The van der Waals surface area contributed by atoms with E-state index in [1.54, 1.807) is 13.8 Å². The number of allylic oxidation sites excluding steroid dienone is 3. The van der Waals surface area contributed by atoms with Crippen LogP contribution in [0.4, 0.5) is 4.39 Å². The van der Waals surface area contributed by atoms with Crippen LogP contribution >= 0.6 is 0 Å². The highest BCUT2D eigenvalue weighted by Gasteiger charge is 2.37. The van der Waals surface area contributed by atoms with E-state index in [1.165, 1.54) is 18.2 Å². The standard InChI is InChI=1S/C9H11FO2/c1-6-5-7(10)3-4-9(6,2)8(11)12/h3-6H,1-2H3,(H,11,12). The Morgan fingerprint density at radius 2 is 2.33 bits per heavy atom. The molecule has 0 saturated heterocycles. The lowest BCUT2D eigenvalue weighted by Gasteiger charge is -2.28. The van der Waals surface area contributed by atoms with Crippen molar-refractivity contribution in [2.24, 2.45) is 11.3 Å². The van der Waals surface area contributed by atoms with E-state index in [9.17, 15) is 9.18 Å². The predicted molar refractivity (Wildman–Crippen MR) is 43.2 cm³/mol. The van der Waals surface area contributed by atoms with Crippen molar-refractivity contribution in [3.8, 4) is 0 Å². The average molecular weight is 170 g/mol. The Morgan fingerprint density at radius 1 is 1.75 bits per heavy atom. The topological polar surface area (TPSA) is 37.3 Å². The lowest BCUT2D eigenvalue weighted by atomic mass is 9.75. The van der Waals surface area contributed by atoms with Gasteiger partial charge in [0.25, 0.3) is 0 Å². The predicted octanol–water partition coefficient (Wildman–Crippen LogP) is 2.14. The van der Waals surface area contributed by atoms with Crippen LogP contribution in [0.2, 0.25) is 0 Å². The maximum Gasteiger partial charge on any atom is 0.313 e. The molecule has 0 radical (unpaired) electrons.